The molecule has 0 unspecified atom stereocenters. The topological polar surface area (TPSA) is 37.8 Å². The summed E-state index contributed by atoms with van der Waals surface area (Å²) in [6, 6.07) is 2.05. The van der Waals surface area contributed by atoms with E-state index in [-0.39, 0.29) is 0 Å². The Balaban J connectivity index is 2.33. The van der Waals surface area contributed by atoms with Crippen molar-refractivity contribution in [2.75, 3.05) is 5.32 Å². The van der Waals surface area contributed by atoms with Gasteiger partial charge in [-0.05, 0) is 51.8 Å². The Kier molecular flexibility index (Phi) is 3.61. The summed E-state index contributed by atoms with van der Waals surface area (Å²) in [6.45, 7) is 3.94. The summed E-state index contributed by atoms with van der Waals surface area (Å²) >= 11 is 8.58. The van der Waals surface area contributed by atoms with E-state index >= 15 is 0 Å². The molecule has 0 fully saturated rings. The van der Waals surface area contributed by atoms with Crippen molar-refractivity contribution in [2.24, 2.45) is 0 Å². The van der Waals surface area contributed by atoms with Crippen LogP contribution in [0.15, 0.2) is 20.5 Å². The van der Waals surface area contributed by atoms with Gasteiger partial charge in [-0.1, -0.05) is 0 Å². The van der Waals surface area contributed by atoms with Crippen molar-refractivity contribution in [3.63, 3.8) is 0 Å². The van der Waals surface area contributed by atoms with Crippen LogP contribution in [0.1, 0.15) is 10.7 Å². The minimum atomic E-state index is 0.748. The zero-order chi connectivity index (χ0) is 11.7. The summed E-state index contributed by atoms with van der Waals surface area (Å²) in [6.07, 6.45) is 1.75. The number of hydrogen-bond donors (Lipinski definition) is 1. The number of nitrogens with zero attached hydrogens (tertiary/aromatic N) is 2. The van der Waals surface area contributed by atoms with Gasteiger partial charge in [0.1, 0.15) is 11.6 Å². The lowest BCUT2D eigenvalue weighted by Crippen LogP contribution is -1.97. The lowest BCUT2D eigenvalue weighted by molar-refractivity contribution is 1.05. The maximum absolute atomic E-state index is 4.34. The number of aryl methyl sites for hydroxylation is 2. The van der Waals surface area contributed by atoms with Crippen LogP contribution >= 0.6 is 43.2 Å². The predicted octanol–water partition coefficient (Wildman–Crippen LogP) is 4.42. The van der Waals surface area contributed by atoms with Gasteiger partial charge in [-0.2, -0.15) is 0 Å². The molecule has 16 heavy (non-hydrogen) atoms. The molecule has 0 aliphatic heterocycles. The van der Waals surface area contributed by atoms with E-state index < -0.39 is 0 Å². The van der Waals surface area contributed by atoms with Gasteiger partial charge in [-0.25, -0.2) is 9.97 Å². The molecule has 0 saturated heterocycles. The minimum absolute atomic E-state index is 0.748. The van der Waals surface area contributed by atoms with E-state index in [1.807, 2.05) is 13.0 Å². The Bertz CT molecular complexity index is 525. The quantitative estimate of drug-likeness (QED) is 0.858. The minimum Gasteiger partial charge on any atom is -0.338 e. The van der Waals surface area contributed by atoms with Gasteiger partial charge in [0, 0.05) is 11.1 Å². The van der Waals surface area contributed by atoms with Gasteiger partial charge in [-0.15, -0.1) is 11.3 Å². The zero-order valence-corrected chi connectivity index (χ0v) is 12.7. The normalized spacial score (nSPS) is 10.5. The molecule has 84 valence electrons. The van der Waals surface area contributed by atoms with Crippen LogP contribution in [0.25, 0.3) is 0 Å². The number of rotatable bonds is 2. The first-order valence-electron chi connectivity index (χ1n) is 4.58. The summed E-state index contributed by atoms with van der Waals surface area (Å²) in [4.78, 5) is 9.66. The van der Waals surface area contributed by atoms with Crippen LogP contribution < -0.4 is 5.32 Å². The number of anilines is 2. The molecule has 0 bridgehead atoms. The van der Waals surface area contributed by atoms with Gasteiger partial charge in [-0.3, -0.25) is 0 Å². The second-order valence-electron chi connectivity index (χ2n) is 3.26. The largest absolute Gasteiger partial charge is 0.338 e. The molecule has 3 nitrogen and oxygen atoms in total. The standard InChI is InChI=1S/C10H9Br2N3S/c1-5-8(3-9(12)16-5)15-10-7(11)4-13-6(2)14-10/h3-4H,1-2H3,(H,13,14,15). The van der Waals surface area contributed by atoms with Gasteiger partial charge in [0.25, 0.3) is 0 Å². The summed E-state index contributed by atoms with van der Waals surface area (Å²) in [5, 5.41) is 3.28. The van der Waals surface area contributed by atoms with Crippen molar-refractivity contribution < 1.29 is 0 Å². The lowest BCUT2D eigenvalue weighted by Gasteiger charge is -2.06. The highest BCUT2D eigenvalue weighted by Crippen LogP contribution is 2.33. The fraction of sp³-hybridized carbons (Fsp3) is 0.200. The third-order valence-electron chi connectivity index (χ3n) is 2.01. The molecule has 0 atom stereocenters. The highest BCUT2D eigenvalue weighted by atomic mass is 79.9. The molecule has 1 N–H and O–H groups in total. The molecule has 2 aromatic rings. The Morgan fingerprint density at radius 2 is 2.06 bits per heavy atom. The summed E-state index contributed by atoms with van der Waals surface area (Å²) < 4.78 is 1.97. The predicted molar refractivity (Wildman–Crippen MR) is 74.5 cm³/mol. The second kappa shape index (κ2) is 4.81. The Morgan fingerprint density at radius 3 is 2.69 bits per heavy atom. The number of halogens is 2. The van der Waals surface area contributed by atoms with Gasteiger partial charge in [0.15, 0.2) is 0 Å². The van der Waals surface area contributed by atoms with Crippen molar-refractivity contribution in [1.29, 1.82) is 0 Å². The van der Waals surface area contributed by atoms with Crippen LogP contribution in [0.3, 0.4) is 0 Å². The van der Waals surface area contributed by atoms with Gasteiger partial charge >= 0.3 is 0 Å². The third-order valence-corrected chi connectivity index (χ3v) is 4.14. The fourth-order valence-corrected chi connectivity index (χ4v) is 3.18. The fourth-order valence-electron chi connectivity index (χ4n) is 1.24. The first-order valence-corrected chi connectivity index (χ1v) is 6.98. The number of hydrogen-bond acceptors (Lipinski definition) is 4. The maximum Gasteiger partial charge on any atom is 0.148 e. The van der Waals surface area contributed by atoms with Crippen LogP contribution in [0.4, 0.5) is 11.5 Å². The number of nitrogens with one attached hydrogen (secondary N) is 1. The first-order chi connectivity index (χ1) is 7.56. The average Bonchev–Trinajstić information content (AvgIpc) is 2.51. The Hall–Kier alpha value is -0.460. The van der Waals surface area contributed by atoms with Crippen LogP contribution in [-0.2, 0) is 0 Å². The van der Waals surface area contributed by atoms with E-state index in [2.05, 4.69) is 54.1 Å². The molecule has 0 radical (unpaired) electrons. The van der Waals surface area contributed by atoms with E-state index in [9.17, 15) is 0 Å². The van der Waals surface area contributed by atoms with Crippen molar-refractivity contribution in [2.45, 2.75) is 13.8 Å². The van der Waals surface area contributed by atoms with E-state index in [1.54, 1.807) is 17.5 Å². The molecule has 0 amide bonds. The monoisotopic (exact) mass is 361 g/mol. The van der Waals surface area contributed by atoms with E-state index in [0.29, 0.717) is 0 Å². The molecular formula is C10H9Br2N3S. The van der Waals surface area contributed by atoms with Crippen LogP contribution in [0, 0.1) is 13.8 Å². The zero-order valence-electron chi connectivity index (χ0n) is 8.71. The first kappa shape index (κ1) is 12.0. The van der Waals surface area contributed by atoms with E-state index in [1.165, 1.54) is 4.88 Å². The van der Waals surface area contributed by atoms with Crippen LogP contribution in [-0.4, -0.2) is 9.97 Å². The third kappa shape index (κ3) is 2.61. The van der Waals surface area contributed by atoms with E-state index in [4.69, 9.17) is 0 Å². The molecule has 6 heteroatoms. The smallest absolute Gasteiger partial charge is 0.148 e. The second-order valence-corrected chi connectivity index (χ2v) is 6.75. The molecule has 2 aromatic heterocycles. The van der Waals surface area contributed by atoms with Gasteiger partial charge < -0.3 is 5.32 Å². The Labute approximate surface area is 115 Å². The Morgan fingerprint density at radius 1 is 1.31 bits per heavy atom. The molecule has 2 heterocycles. The van der Waals surface area contributed by atoms with Crippen molar-refractivity contribution in [3.05, 3.63) is 31.2 Å². The molecule has 2 rings (SSSR count). The van der Waals surface area contributed by atoms with Crippen LogP contribution in [0.5, 0.6) is 0 Å². The number of thiophene rings is 1. The van der Waals surface area contributed by atoms with Crippen molar-refractivity contribution in [1.82, 2.24) is 9.97 Å². The average molecular weight is 363 g/mol. The SMILES string of the molecule is Cc1ncc(Br)c(Nc2cc(Br)sc2C)n1. The molecule has 0 aromatic carbocycles. The highest BCUT2D eigenvalue weighted by molar-refractivity contribution is 9.11. The summed E-state index contributed by atoms with van der Waals surface area (Å²) in [5.41, 5.74) is 1.07. The molecule has 0 saturated carbocycles. The lowest BCUT2D eigenvalue weighted by atomic mass is 10.4. The molecule has 0 spiro atoms. The van der Waals surface area contributed by atoms with E-state index in [0.717, 1.165) is 25.6 Å². The highest BCUT2D eigenvalue weighted by Gasteiger charge is 2.07. The molecule has 0 aliphatic carbocycles. The summed E-state index contributed by atoms with van der Waals surface area (Å²) in [7, 11) is 0. The van der Waals surface area contributed by atoms with Crippen molar-refractivity contribution >= 4 is 54.7 Å². The number of aromatic nitrogens is 2. The molecular weight excluding hydrogens is 354 g/mol. The van der Waals surface area contributed by atoms with Gasteiger partial charge in [0.05, 0.1) is 13.9 Å². The van der Waals surface area contributed by atoms with Gasteiger partial charge in [0.2, 0.25) is 0 Å². The summed E-state index contributed by atoms with van der Waals surface area (Å²) in [5.74, 6) is 1.54. The molecule has 0 aliphatic rings. The van der Waals surface area contributed by atoms with Crippen molar-refractivity contribution in [3.8, 4) is 0 Å². The van der Waals surface area contributed by atoms with Crippen LogP contribution in [0.2, 0.25) is 0 Å². The maximum atomic E-state index is 4.34.